The standard InChI is InChI=1S/C13H27O/c1-2-3-4-5-6-7-8-9-10-11-12-13-14/h2-13H2,1H3. The molecule has 0 rings (SSSR count). The topological polar surface area (TPSA) is 19.9 Å². The molecule has 0 aliphatic rings. The number of unbranched alkanes of at least 4 members (excludes halogenated alkanes) is 10. The summed E-state index contributed by atoms with van der Waals surface area (Å²) in [6.45, 7) is 2.38. The van der Waals surface area contributed by atoms with Crippen LogP contribution >= 0.6 is 0 Å². The van der Waals surface area contributed by atoms with Gasteiger partial charge in [-0.15, -0.1) is 0 Å². The molecule has 0 aliphatic heterocycles. The summed E-state index contributed by atoms with van der Waals surface area (Å²) in [5, 5.41) is 10.2. The monoisotopic (exact) mass is 199 g/mol. The van der Waals surface area contributed by atoms with E-state index in [9.17, 15) is 5.11 Å². The summed E-state index contributed by atoms with van der Waals surface area (Å²) in [5.74, 6) is 0. The molecule has 1 heteroatoms. The van der Waals surface area contributed by atoms with Gasteiger partial charge in [0.15, 0.2) is 0 Å². The predicted molar refractivity (Wildman–Crippen MR) is 62.0 cm³/mol. The lowest BCUT2D eigenvalue weighted by molar-refractivity contribution is 0.186. The van der Waals surface area contributed by atoms with Gasteiger partial charge in [0.05, 0.1) is 6.61 Å². The zero-order valence-corrected chi connectivity index (χ0v) is 9.89. The summed E-state index contributed by atoms with van der Waals surface area (Å²) in [7, 11) is 0. The fourth-order valence-corrected chi connectivity index (χ4v) is 1.77. The van der Waals surface area contributed by atoms with Gasteiger partial charge in [-0.05, 0) is 6.42 Å². The second kappa shape index (κ2) is 13.0. The van der Waals surface area contributed by atoms with E-state index in [1.807, 2.05) is 0 Å². The molecule has 0 aromatic carbocycles. The fourth-order valence-electron chi connectivity index (χ4n) is 1.77. The SMILES string of the molecule is CCCCCCCCCCCCC[O]. The first-order valence-electron chi connectivity index (χ1n) is 6.50. The number of rotatable bonds is 11. The van der Waals surface area contributed by atoms with Gasteiger partial charge in [0.25, 0.3) is 0 Å². The maximum Gasteiger partial charge on any atom is 0.0822 e. The van der Waals surface area contributed by atoms with Crippen LogP contribution < -0.4 is 0 Å². The molecule has 0 aromatic heterocycles. The summed E-state index contributed by atoms with van der Waals surface area (Å²) >= 11 is 0. The van der Waals surface area contributed by atoms with Crippen molar-refractivity contribution in [2.24, 2.45) is 0 Å². The van der Waals surface area contributed by atoms with Crippen LogP contribution in [0.5, 0.6) is 0 Å². The van der Waals surface area contributed by atoms with Crippen LogP contribution in [-0.4, -0.2) is 6.61 Å². The smallest absolute Gasteiger partial charge is 0.0822 e. The Balaban J connectivity index is 2.78. The van der Waals surface area contributed by atoms with Gasteiger partial charge in [0, 0.05) is 0 Å². The zero-order valence-electron chi connectivity index (χ0n) is 9.89. The van der Waals surface area contributed by atoms with Crippen molar-refractivity contribution in [2.75, 3.05) is 6.61 Å². The number of hydrogen-bond donors (Lipinski definition) is 0. The third-order valence-electron chi connectivity index (χ3n) is 2.75. The molecule has 0 saturated carbocycles. The minimum Gasteiger partial charge on any atom is -0.237 e. The van der Waals surface area contributed by atoms with Gasteiger partial charge in [0.2, 0.25) is 0 Å². The Labute approximate surface area is 89.9 Å². The van der Waals surface area contributed by atoms with Crippen molar-refractivity contribution >= 4 is 0 Å². The highest BCUT2D eigenvalue weighted by atomic mass is 16.2. The Hall–Kier alpha value is -0.0400. The van der Waals surface area contributed by atoms with Gasteiger partial charge >= 0.3 is 0 Å². The molecule has 0 aliphatic carbocycles. The van der Waals surface area contributed by atoms with Crippen LogP contribution in [0.4, 0.5) is 0 Å². The van der Waals surface area contributed by atoms with Crippen LogP contribution in [0.25, 0.3) is 0 Å². The van der Waals surface area contributed by atoms with Crippen molar-refractivity contribution in [3.05, 3.63) is 0 Å². The lowest BCUT2D eigenvalue weighted by Gasteiger charge is -2.01. The second-order valence-corrected chi connectivity index (χ2v) is 4.24. The number of hydrogen-bond acceptors (Lipinski definition) is 0. The first-order chi connectivity index (χ1) is 6.91. The van der Waals surface area contributed by atoms with E-state index in [-0.39, 0.29) is 6.61 Å². The summed E-state index contributed by atoms with van der Waals surface area (Å²) in [6.07, 6.45) is 14.5. The van der Waals surface area contributed by atoms with Gasteiger partial charge in [0.1, 0.15) is 0 Å². The quantitative estimate of drug-likeness (QED) is 0.429. The van der Waals surface area contributed by atoms with Crippen molar-refractivity contribution in [3.8, 4) is 0 Å². The Morgan fingerprint density at radius 2 is 0.929 bits per heavy atom. The largest absolute Gasteiger partial charge is 0.237 e. The summed E-state index contributed by atoms with van der Waals surface area (Å²) in [4.78, 5) is 0. The first-order valence-corrected chi connectivity index (χ1v) is 6.50. The molecular formula is C13H27O. The summed E-state index contributed by atoms with van der Waals surface area (Å²) in [6, 6.07) is 0. The molecule has 0 unspecified atom stereocenters. The minimum atomic E-state index is 0.122. The van der Waals surface area contributed by atoms with Crippen LogP contribution in [0.3, 0.4) is 0 Å². The van der Waals surface area contributed by atoms with E-state index >= 15 is 0 Å². The van der Waals surface area contributed by atoms with Crippen molar-refractivity contribution < 1.29 is 5.11 Å². The summed E-state index contributed by atoms with van der Waals surface area (Å²) < 4.78 is 0. The average Bonchev–Trinajstić information content (AvgIpc) is 2.21. The van der Waals surface area contributed by atoms with Gasteiger partial charge in [-0.3, -0.25) is 0 Å². The van der Waals surface area contributed by atoms with E-state index in [0.29, 0.717) is 0 Å². The molecule has 1 nitrogen and oxygen atoms in total. The van der Waals surface area contributed by atoms with Crippen LogP contribution in [0.1, 0.15) is 77.6 Å². The lowest BCUT2D eigenvalue weighted by atomic mass is 10.1. The van der Waals surface area contributed by atoms with Crippen molar-refractivity contribution in [3.63, 3.8) is 0 Å². The maximum atomic E-state index is 10.2. The van der Waals surface area contributed by atoms with Crippen LogP contribution in [0, 0.1) is 0 Å². The van der Waals surface area contributed by atoms with E-state index < -0.39 is 0 Å². The highest BCUT2D eigenvalue weighted by molar-refractivity contribution is 4.47. The summed E-state index contributed by atoms with van der Waals surface area (Å²) in [5.41, 5.74) is 0. The molecule has 0 N–H and O–H groups in total. The Morgan fingerprint density at radius 3 is 1.29 bits per heavy atom. The van der Waals surface area contributed by atoms with Crippen LogP contribution in [0.2, 0.25) is 0 Å². The van der Waals surface area contributed by atoms with E-state index in [1.54, 1.807) is 0 Å². The lowest BCUT2D eigenvalue weighted by Crippen LogP contribution is -1.83. The minimum absolute atomic E-state index is 0.122. The average molecular weight is 199 g/mol. The van der Waals surface area contributed by atoms with Gasteiger partial charge in [-0.1, -0.05) is 71.1 Å². The Bertz CT molecular complexity index is 79.2. The molecule has 0 saturated heterocycles. The molecule has 0 atom stereocenters. The van der Waals surface area contributed by atoms with Crippen molar-refractivity contribution in [1.82, 2.24) is 0 Å². The normalized spacial score (nSPS) is 10.7. The molecule has 0 spiro atoms. The molecule has 0 amide bonds. The molecule has 0 fully saturated rings. The predicted octanol–water partition coefficient (Wildman–Crippen LogP) is 4.73. The van der Waals surface area contributed by atoms with E-state index in [2.05, 4.69) is 6.92 Å². The zero-order chi connectivity index (χ0) is 10.5. The fraction of sp³-hybridized carbons (Fsp3) is 1.00. The van der Waals surface area contributed by atoms with E-state index in [0.717, 1.165) is 12.8 Å². The first kappa shape index (κ1) is 14.0. The van der Waals surface area contributed by atoms with Crippen LogP contribution in [0.15, 0.2) is 0 Å². The highest BCUT2D eigenvalue weighted by Gasteiger charge is 1.92. The highest BCUT2D eigenvalue weighted by Crippen LogP contribution is 2.10. The molecular weight excluding hydrogens is 172 g/mol. The molecule has 85 valence electrons. The molecule has 0 bridgehead atoms. The third-order valence-corrected chi connectivity index (χ3v) is 2.75. The van der Waals surface area contributed by atoms with Crippen LogP contribution in [-0.2, 0) is 5.11 Å². The molecule has 1 radical (unpaired) electrons. The van der Waals surface area contributed by atoms with Crippen molar-refractivity contribution in [1.29, 1.82) is 0 Å². The molecule has 0 aromatic rings. The Morgan fingerprint density at radius 1 is 0.571 bits per heavy atom. The Kier molecular flexibility index (Phi) is 12.9. The van der Waals surface area contributed by atoms with E-state index in [4.69, 9.17) is 0 Å². The van der Waals surface area contributed by atoms with Gasteiger partial charge in [-0.2, -0.15) is 0 Å². The second-order valence-electron chi connectivity index (χ2n) is 4.24. The van der Waals surface area contributed by atoms with Crippen molar-refractivity contribution in [2.45, 2.75) is 77.6 Å². The third kappa shape index (κ3) is 12.0. The maximum absolute atomic E-state index is 10.2. The van der Waals surface area contributed by atoms with Gasteiger partial charge < -0.3 is 0 Å². The molecule has 0 heterocycles. The molecule has 14 heavy (non-hydrogen) atoms. The van der Waals surface area contributed by atoms with Gasteiger partial charge in [-0.25, -0.2) is 5.11 Å². The van der Waals surface area contributed by atoms with E-state index in [1.165, 1.54) is 57.8 Å².